The van der Waals surface area contributed by atoms with Crippen molar-refractivity contribution in [2.45, 2.75) is 25.8 Å². The van der Waals surface area contributed by atoms with Crippen LogP contribution in [0.5, 0.6) is 0 Å². The zero-order valence-electron chi connectivity index (χ0n) is 7.42. The Bertz CT molecular complexity index is 252. The molecule has 2 nitrogen and oxygen atoms in total. The van der Waals surface area contributed by atoms with Gasteiger partial charge in [0.1, 0.15) is 11.5 Å². The minimum Gasteiger partial charge on any atom is -0.464 e. The first-order valence-corrected chi connectivity index (χ1v) is 4.23. The summed E-state index contributed by atoms with van der Waals surface area (Å²) in [6.45, 7) is 5.69. The quantitative estimate of drug-likeness (QED) is 0.696. The van der Waals surface area contributed by atoms with E-state index in [0.717, 1.165) is 24.4 Å². The van der Waals surface area contributed by atoms with E-state index in [1.54, 1.807) is 6.08 Å². The van der Waals surface area contributed by atoms with Crippen LogP contribution in [-0.4, -0.2) is 0 Å². The van der Waals surface area contributed by atoms with Crippen molar-refractivity contribution in [1.82, 2.24) is 0 Å². The monoisotopic (exact) mass is 165 g/mol. The van der Waals surface area contributed by atoms with Crippen LogP contribution < -0.4 is 5.73 Å². The average Bonchev–Trinajstić information content (AvgIpc) is 2.52. The first-order chi connectivity index (χ1) is 5.77. The first kappa shape index (κ1) is 9.07. The van der Waals surface area contributed by atoms with E-state index in [1.165, 1.54) is 0 Å². The second-order valence-corrected chi connectivity index (χ2v) is 2.79. The summed E-state index contributed by atoms with van der Waals surface area (Å²) in [5.74, 6) is 1.84. The molecule has 1 rings (SSSR count). The summed E-state index contributed by atoms with van der Waals surface area (Å²) in [6, 6.07) is 3.87. The maximum atomic E-state index is 5.81. The maximum absolute atomic E-state index is 5.81. The Morgan fingerprint density at radius 3 is 2.92 bits per heavy atom. The number of hydrogen-bond acceptors (Lipinski definition) is 2. The predicted octanol–water partition coefficient (Wildman–Crippen LogP) is 2.42. The molecule has 0 aliphatic carbocycles. The molecule has 0 aliphatic heterocycles. The average molecular weight is 165 g/mol. The molecule has 2 heteroatoms. The molecule has 0 aromatic carbocycles. The molecule has 2 N–H and O–H groups in total. The van der Waals surface area contributed by atoms with Crippen molar-refractivity contribution in [3.05, 3.63) is 36.3 Å². The molecule has 0 unspecified atom stereocenters. The van der Waals surface area contributed by atoms with Crippen molar-refractivity contribution in [2.24, 2.45) is 5.73 Å². The van der Waals surface area contributed by atoms with Crippen molar-refractivity contribution < 1.29 is 4.42 Å². The molecule has 0 radical (unpaired) electrons. The summed E-state index contributed by atoms with van der Waals surface area (Å²) in [4.78, 5) is 0. The molecule has 1 aromatic heterocycles. The largest absolute Gasteiger partial charge is 0.464 e. The molecule has 0 fully saturated rings. The summed E-state index contributed by atoms with van der Waals surface area (Å²) < 4.78 is 5.47. The summed E-state index contributed by atoms with van der Waals surface area (Å²) in [6.07, 6.45) is 3.48. The molecule has 66 valence electrons. The lowest BCUT2D eigenvalue weighted by Crippen LogP contribution is -2.07. The van der Waals surface area contributed by atoms with E-state index in [-0.39, 0.29) is 6.04 Å². The third kappa shape index (κ3) is 1.98. The van der Waals surface area contributed by atoms with Gasteiger partial charge in [-0.05, 0) is 18.6 Å². The summed E-state index contributed by atoms with van der Waals surface area (Å²) in [7, 11) is 0. The fourth-order valence-corrected chi connectivity index (χ4v) is 1.08. The van der Waals surface area contributed by atoms with Gasteiger partial charge in [-0.2, -0.15) is 0 Å². The van der Waals surface area contributed by atoms with E-state index in [1.807, 2.05) is 12.1 Å². The molecule has 0 amide bonds. The number of furan rings is 1. The fraction of sp³-hybridized carbons (Fsp3) is 0.400. The zero-order chi connectivity index (χ0) is 8.97. The molecule has 0 saturated carbocycles. The molecule has 1 heterocycles. The Morgan fingerprint density at radius 2 is 2.42 bits per heavy atom. The molecule has 12 heavy (non-hydrogen) atoms. The van der Waals surface area contributed by atoms with Crippen LogP contribution in [0.1, 0.15) is 30.9 Å². The highest BCUT2D eigenvalue weighted by Gasteiger charge is 2.07. The Hall–Kier alpha value is -1.02. The van der Waals surface area contributed by atoms with E-state index < -0.39 is 0 Å². The lowest BCUT2D eigenvalue weighted by Gasteiger charge is -2.03. The Balaban J connectivity index is 2.67. The standard InChI is InChI=1S/C10H15NO/c1-3-5-9(11)10-7-6-8(4-2)12-10/h3,6-7,9H,1,4-5,11H2,2H3/t9-/m0/s1. The molecular weight excluding hydrogens is 150 g/mol. The molecule has 1 aromatic rings. The minimum absolute atomic E-state index is 0.0391. The second-order valence-electron chi connectivity index (χ2n) is 2.79. The highest BCUT2D eigenvalue weighted by molar-refractivity contribution is 5.11. The van der Waals surface area contributed by atoms with Crippen molar-refractivity contribution in [2.75, 3.05) is 0 Å². The Labute approximate surface area is 73.1 Å². The smallest absolute Gasteiger partial charge is 0.121 e. The molecule has 0 spiro atoms. The molecule has 0 saturated heterocycles. The topological polar surface area (TPSA) is 39.2 Å². The van der Waals surface area contributed by atoms with Gasteiger partial charge in [0.05, 0.1) is 6.04 Å². The van der Waals surface area contributed by atoms with Crippen molar-refractivity contribution in [1.29, 1.82) is 0 Å². The van der Waals surface area contributed by atoms with Gasteiger partial charge in [0.2, 0.25) is 0 Å². The van der Waals surface area contributed by atoms with Gasteiger partial charge in [-0.25, -0.2) is 0 Å². The molecule has 1 atom stereocenters. The van der Waals surface area contributed by atoms with Crippen LogP contribution >= 0.6 is 0 Å². The van der Waals surface area contributed by atoms with Crippen LogP contribution in [0.2, 0.25) is 0 Å². The van der Waals surface area contributed by atoms with Gasteiger partial charge in [-0.3, -0.25) is 0 Å². The van der Waals surface area contributed by atoms with E-state index in [2.05, 4.69) is 13.5 Å². The van der Waals surface area contributed by atoms with E-state index in [4.69, 9.17) is 10.2 Å². The summed E-state index contributed by atoms with van der Waals surface area (Å²) in [5.41, 5.74) is 5.81. The van der Waals surface area contributed by atoms with Crippen LogP contribution in [0, 0.1) is 0 Å². The van der Waals surface area contributed by atoms with Gasteiger partial charge in [0.25, 0.3) is 0 Å². The Morgan fingerprint density at radius 1 is 1.67 bits per heavy atom. The van der Waals surface area contributed by atoms with E-state index >= 15 is 0 Å². The number of hydrogen-bond donors (Lipinski definition) is 1. The van der Waals surface area contributed by atoms with Crippen LogP contribution in [-0.2, 0) is 6.42 Å². The van der Waals surface area contributed by atoms with E-state index in [0.29, 0.717) is 0 Å². The first-order valence-electron chi connectivity index (χ1n) is 4.23. The summed E-state index contributed by atoms with van der Waals surface area (Å²) >= 11 is 0. The third-order valence-corrected chi connectivity index (χ3v) is 1.82. The van der Waals surface area contributed by atoms with Crippen LogP contribution in [0.15, 0.2) is 29.2 Å². The lowest BCUT2D eigenvalue weighted by atomic mass is 10.2. The van der Waals surface area contributed by atoms with Crippen LogP contribution in [0.3, 0.4) is 0 Å². The number of rotatable bonds is 4. The molecule has 0 aliphatic rings. The fourth-order valence-electron chi connectivity index (χ4n) is 1.08. The third-order valence-electron chi connectivity index (χ3n) is 1.82. The van der Waals surface area contributed by atoms with Gasteiger partial charge < -0.3 is 10.2 Å². The van der Waals surface area contributed by atoms with Crippen molar-refractivity contribution in [3.8, 4) is 0 Å². The number of aryl methyl sites for hydroxylation is 1. The summed E-state index contributed by atoms with van der Waals surface area (Å²) in [5, 5.41) is 0. The normalized spacial score (nSPS) is 12.8. The minimum atomic E-state index is -0.0391. The Kier molecular flexibility index (Phi) is 3.11. The maximum Gasteiger partial charge on any atom is 0.121 e. The van der Waals surface area contributed by atoms with Crippen LogP contribution in [0.25, 0.3) is 0 Å². The van der Waals surface area contributed by atoms with Gasteiger partial charge >= 0.3 is 0 Å². The van der Waals surface area contributed by atoms with Gasteiger partial charge in [0, 0.05) is 6.42 Å². The molecule has 0 bridgehead atoms. The van der Waals surface area contributed by atoms with E-state index in [9.17, 15) is 0 Å². The molecular formula is C10H15NO. The van der Waals surface area contributed by atoms with Crippen LogP contribution in [0.4, 0.5) is 0 Å². The van der Waals surface area contributed by atoms with Gasteiger partial charge in [-0.1, -0.05) is 13.0 Å². The highest BCUT2D eigenvalue weighted by Crippen LogP contribution is 2.17. The second kappa shape index (κ2) is 4.12. The zero-order valence-corrected chi connectivity index (χ0v) is 7.42. The highest BCUT2D eigenvalue weighted by atomic mass is 16.3. The van der Waals surface area contributed by atoms with Gasteiger partial charge in [0.15, 0.2) is 0 Å². The predicted molar refractivity (Wildman–Crippen MR) is 49.8 cm³/mol. The SMILES string of the molecule is C=CC[C@H](N)c1ccc(CC)o1. The number of nitrogens with two attached hydrogens (primary N) is 1. The van der Waals surface area contributed by atoms with Gasteiger partial charge in [-0.15, -0.1) is 6.58 Å². The lowest BCUT2D eigenvalue weighted by molar-refractivity contribution is 0.437. The van der Waals surface area contributed by atoms with Crippen molar-refractivity contribution >= 4 is 0 Å². The van der Waals surface area contributed by atoms with Crippen molar-refractivity contribution in [3.63, 3.8) is 0 Å².